The third-order valence-corrected chi connectivity index (χ3v) is 6.92. The molecule has 10 heteroatoms. The number of nitrogen functional groups attached to an aromatic ring is 1. The number of halogens is 1. The molecule has 34 heavy (non-hydrogen) atoms. The van der Waals surface area contributed by atoms with E-state index in [1.807, 2.05) is 13.8 Å². The molecule has 3 rings (SSSR count). The van der Waals surface area contributed by atoms with E-state index in [4.69, 9.17) is 17.3 Å². The molecule has 2 fully saturated rings. The van der Waals surface area contributed by atoms with E-state index < -0.39 is 29.9 Å². The third-order valence-electron chi connectivity index (χ3n) is 6.59. The molecule has 0 radical (unpaired) electrons. The van der Waals surface area contributed by atoms with Crippen LogP contribution in [0.1, 0.15) is 56.8 Å². The van der Waals surface area contributed by atoms with Crippen molar-refractivity contribution in [3.8, 4) is 0 Å². The summed E-state index contributed by atoms with van der Waals surface area (Å²) in [7, 11) is 0. The standard InChI is InChI=1S/C24H31ClN4O5/c1-12(2)20(28-22(32)15-5-7-19(26)18(25)10-15)24(34)29-17-6-4-14(9-17)21(29)23(33)27-16(11-30)8-13(3)31/h5,7,10-12,14,16-17,20-21H,4,6,8-9,26H2,1-3H3,(H,27,33)(H,28,32)/t14-,16-,17+,20-,21-/m0/s1. The van der Waals surface area contributed by atoms with Gasteiger partial charge < -0.3 is 26.1 Å². The fraction of sp³-hybridized carbons (Fsp3) is 0.542. The number of hydrogen-bond donors (Lipinski definition) is 3. The van der Waals surface area contributed by atoms with Gasteiger partial charge in [0.05, 0.1) is 16.8 Å². The Balaban J connectivity index is 1.80. The first-order valence-corrected chi connectivity index (χ1v) is 11.8. The first-order valence-electron chi connectivity index (χ1n) is 11.5. The molecule has 1 saturated carbocycles. The number of piperidine rings is 1. The molecule has 2 aliphatic rings. The van der Waals surface area contributed by atoms with Gasteiger partial charge in [-0.25, -0.2) is 0 Å². The van der Waals surface area contributed by atoms with Crippen LogP contribution in [0.4, 0.5) is 5.69 Å². The van der Waals surface area contributed by atoms with Crippen molar-refractivity contribution in [2.75, 3.05) is 5.73 Å². The van der Waals surface area contributed by atoms with Crippen LogP contribution in [-0.2, 0) is 19.2 Å². The van der Waals surface area contributed by atoms with Gasteiger partial charge in [0.1, 0.15) is 24.2 Å². The topological polar surface area (TPSA) is 139 Å². The lowest BCUT2D eigenvalue weighted by Gasteiger charge is -2.38. The van der Waals surface area contributed by atoms with Gasteiger partial charge in [0.15, 0.2) is 0 Å². The Morgan fingerprint density at radius 3 is 2.50 bits per heavy atom. The van der Waals surface area contributed by atoms with Crippen LogP contribution >= 0.6 is 11.6 Å². The fourth-order valence-corrected chi connectivity index (χ4v) is 5.10. The van der Waals surface area contributed by atoms with Crippen LogP contribution in [0.25, 0.3) is 0 Å². The largest absolute Gasteiger partial charge is 0.398 e. The summed E-state index contributed by atoms with van der Waals surface area (Å²) in [5, 5.41) is 5.65. The van der Waals surface area contributed by atoms with Crippen LogP contribution in [0.3, 0.4) is 0 Å². The number of Topliss-reactive ketones (excluding diaryl/α,β-unsaturated/α-hetero) is 1. The van der Waals surface area contributed by atoms with Gasteiger partial charge in [0.25, 0.3) is 5.91 Å². The number of carbonyl (C=O) groups is 5. The summed E-state index contributed by atoms with van der Waals surface area (Å²) in [4.78, 5) is 64.0. The Morgan fingerprint density at radius 1 is 1.21 bits per heavy atom. The van der Waals surface area contributed by atoms with Gasteiger partial charge in [0.2, 0.25) is 11.8 Å². The van der Waals surface area contributed by atoms with Crippen molar-refractivity contribution in [2.45, 2.75) is 70.6 Å². The van der Waals surface area contributed by atoms with Crippen molar-refractivity contribution in [3.63, 3.8) is 0 Å². The van der Waals surface area contributed by atoms with E-state index in [0.717, 1.165) is 12.8 Å². The zero-order valence-electron chi connectivity index (χ0n) is 19.5. The molecule has 0 unspecified atom stereocenters. The van der Waals surface area contributed by atoms with Gasteiger partial charge >= 0.3 is 0 Å². The first kappa shape index (κ1) is 25.7. The van der Waals surface area contributed by atoms with Crippen LogP contribution in [0.5, 0.6) is 0 Å². The first-order chi connectivity index (χ1) is 16.0. The quantitative estimate of drug-likeness (QED) is 0.356. The number of nitrogens with two attached hydrogens (primary N) is 1. The van der Waals surface area contributed by atoms with Gasteiger partial charge in [-0.1, -0.05) is 25.4 Å². The lowest BCUT2D eigenvalue weighted by molar-refractivity contribution is -0.145. The minimum absolute atomic E-state index is 0.0296. The number of rotatable bonds is 9. The number of fused-ring (bicyclic) bond motifs is 2. The molecule has 0 aromatic heterocycles. The number of carbonyl (C=O) groups excluding carboxylic acids is 5. The molecule has 1 aromatic carbocycles. The second kappa shape index (κ2) is 10.5. The molecular formula is C24H31ClN4O5. The van der Waals surface area contributed by atoms with E-state index in [1.165, 1.54) is 25.1 Å². The Bertz CT molecular complexity index is 998. The van der Waals surface area contributed by atoms with Crippen molar-refractivity contribution >= 4 is 47.1 Å². The number of likely N-dealkylation sites (tertiary alicyclic amines) is 1. The van der Waals surface area contributed by atoms with Gasteiger partial charge in [0, 0.05) is 18.0 Å². The molecule has 1 aliphatic carbocycles. The minimum Gasteiger partial charge on any atom is -0.398 e. The maximum atomic E-state index is 13.7. The number of benzene rings is 1. The van der Waals surface area contributed by atoms with E-state index in [0.29, 0.717) is 18.4 Å². The summed E-state index contributed by atoms with van der Waals surface area (Å²) in [6.45, 7) is 4.98. The highest BCUT2D eigenvalue weighted by Crippen LogP contribution is 2.43. The number of nitrogens with zero attached hydrogens (tertiary/aromatic N) is 1. The summed E-state index contributed by atoms with van der Waals surface area (Å²) < 4.78 is 0. The molecular weight excluding hydrogens is 460 g/mol. The van der Waals surface area contributed by atoms with Crippen molar-refractivity contribution in [3.05, 3.63) is 28.8 Å². The van der Waals surface area contributed by atoms with Crippen LogP contribution in [0.15, 0.2) is 18.2 Å². The van der Waals surface area contributed by atoms with Gasteiger partial charge in [-0.05, 0) is 56.2 Å². The molecule has 1 heterocycles. The van der Waals surface area contributed by atoms with E-state index in [1.54, 1.807) is 4.90 Å². The molecule has 0 spiro atoms. The molecule has 1 saturated heterocycles. The molecule has 1 aliphatic heterocycles. The monoisotopic (exact) mass is 490 g/mol. The number of anilines is 1. The highest BCUT2D eigenvalue weighted by atomic mass is 35.5. The summed E-state index contributed by atoms with van der Waals surface area (Å²) in [5.74, 6) is -1.75. The van der Waals surface area contributed by atoms with Gasteiger partial charge in [-0.2, -0.15) is 0 Å². The zero-order chi connectivity index (χ0) is 25.2. The Labute approximate surface area is 203 Å². The average molecular weight is 491 g/mol. The zero-order valence-corrected chi connectivity index (χ0v) is 20.3. The molecule has 184 valence electrons. The lowest BCUT2D eigenvalue weighted by Crippen LogP contribution is -2.60. The highest BCUT2D eigenvalue weighted by Gasteiger charge is 2.52. The Kier molecular flexibility index (Phi) is 7.97. The van der Waals surface area contributed by atoms with Crippen molar-refractivity contribution in [2.24, 2.45) is 11.8 Å². The van der Waals surface area contributed by atoms with Crippen molar-refractivity contribution < 1.29 is 24.0 Å². The predicted octanol–water partition coefficient (Wildman–Crippen LogP) is 1.72. The van der Waals surface area contributed by atoms with Gasteiger partial charge in [-0.15, -0.1) is 0 Å². The normalized spacial score (nSPS) is 22.9. The minimum atomic E-state index is -0.933. The van der Waals surface area contributed by atoms with Crippen LogP contribution in [-0.4, -0.2) is 58.9 Å². The fourth-order valence-electron chi connectivity index (χ4n) is 4.92. The Hall–Kier alpha value is -2.94. The molecule has 2 bridgehead atoms. The molecule has 9 nitrogen and oxygen atoms in total. The van der Waals surface area contributed by atoms with Crippen LogP contribution in [0.2, 0.25) is 5.02 Å². The maximum absolute atomic E-state index is 13.7. The molecule has 3 amide bonds. The van der Waals surface area contributed by atoms with Crippen LogP contribution in [0, 0.1) is 11.8 Å². The smallest absolute Gasteiger partial charge is 0.251 e. The summed E-state index contributed by atoms with van der Waals surface area (Å²) in [5.41, 5.74) is 6.33. The number of nitrogens with one attached hydrogen (secondary N) is 2. The van der Waals surface area contributed by atoms with Crippen molar-refractivity contribution in [1.29, 1.82) is 0 Å². The van der Waals surface area contributed by atoms with E-state index in [9.17, 15) is 24.0 Å². The second-order valence-electron chi connectivity index (χ2n) is 9.51. The number of ketones is 1. The molecule has 4 N–H and O–H groups in total. The maximum Gasteiger partial charge on any atom is 0.251 e. The number of aldehydes is 1. The lowest BCUT2D eigenvalue weighted by atomic mass is 9.95. The summed E-state index contributed by atoms with van der Waals surface area (Å²) in [6, 6.07) is 1.84. The average Bonchev–Trinajstić information content (AvgIpc) is 3.39. The summed E-state index contributed by atoms with van der Waals surface area (Å²) in [6.07, 6.45) is 2.70. The van der Waals surface area contributed by atoms with E-state index >= 15 is 0 Å². The predicted molar refractivity (Wildman–Crippen MR) is 127 cm³/mol. The highest BCUT2D eigenvalue weighted by molar-refractivity contribution is 6.33. The molecule has 1 aromatic rings. The van der Waals surface area contributed by atoms with Gasteiger partial charge in [-0.3, -0.25) is 19.2 Å². The number of hydrogen-bond acceptors (Lipinski definition) is 6. The molecule has 5 atom stereocenters. The summed E-state index contributed by atoms with van der Waals surface area (Å²) >= 11 is 6.03. The second-order valence-corrected chi connectivity index (χ2v) is 9.91. The Morgan fingerprint density at radius 2 is 1.91 bits per heavy atom. The van der Waals surface area contributed by atoms with E-state index in [-0.39, 0.29) is 46.6 Å². The number of amides is 3. The van der Waals surface area contributed by atoms with E-state index in [2.05, 4.69) is 10.6 Å². The van der Waals surface area contributed by atoms with Crippen molar-refractivity contribution in [1.82, 2.24) is 15.5 Å². The SMILES string of the molecule is CC(=O)C[C@@H](C=O)NC(=O)[C@@H]1[C@H]2CC[C@H](C2)N1C(=O)[C@@H](NC(=O)c1ccc(N)c(Cl)c1)C(C)C. The van der Waals surface area contributed by atoms with Crippen LogP contribution < -0.4 is 16.4 Å². The third kappa shape index (κ3) is 5.41.